The fraction of sp³-hybridized carbons (Fsp3) is 0.105. The van der Waals surface area contributed by atoms with E-state index in [0.717, 1.165) is 12.2 Å². The molecule has 0 bridgehead atoms. The summed E-state index contributed by atoms with van der Waals surface area (Å²) in [6.45, 7) is 4.36. The highest BCUT2D eigenvalue weighted by Crippen LogP contribution is 2.50. The highest BCUT2D eigenvalue weighted by Gasteiger charge is 2.42. The fourth-order valence-corrected chi connectivity index (χ4v) is 6.60. The van der Waals surface area contributed by atoms with Crippen molar-refractivity contribution < 1.29 is 4.74 Å². The van der Waals surface area contributed by atoms with E-state index in [1.54, 1.807) is 0 Å². The molecule has 1 aromatic heterocycles. The summed E-state index contributed by atoms with van der Waals surface area (Å²) in [5, 5.41) is 2.53. The van der Waals surface area contributed by atoms with Crippen molar-refractivity contribution >= 4 is 33.1 Å². The summed E-state index contributed by atoms with van der Waals surface area (Å²) in [7, 11) is 0. The van der Waals surface area contributed by atoms with E-state index in [0.29, 0.717) is 0 Å². The molecular weight excluding hydrogens is 486 g/mol. The quantitative estimate of drug-likeness (QED) is 0.229. The van der Waals surface area contributed by atoms with E-state index < -0.39 is 5.60 Å². The van der Waals surface area contributed by atoms with Gasteiger partial charge in [-0.05, 0) is 65.9 Å². The van der Waals surface area contributed by atoms with Crippen LogP contribution in [0.4, 0.5) is 0 Å². The molecule has 0 fully saturated rings. The van der Waals surface area contributed by atoms with Gasteiger partial charge in [0.15, 0.2) is 0 Å². The summed E-state index contributed by atoms with van der Waals surface area (Å²) in [4.78, 5) is 0. The number of hydrogen-bond acceptors (Lipinski definition) is 1. The van der Waals surface area contributed by atoms with E-state index in [2.05, 4.69) is 146 Å². The average molecular weight is 516 g/mol. The predicted molar refractivity (Wildman–Crippen MR) is 167 cm³/mol. The third-order valence-corrected chi connectivity index (χ3v) is 8.56. The van der Waals surface area contributed by atoms with Crippen LogP contribution in [-0.4, -0.2) is 10.2 Å². The number of rotatable bonds is 3. The Bertz CT molecular complexity index is 1910. The lowest BCUT2D eigenvalue weighted by molar-refractivity contribution is 0.171. The number of ether oxygens (including phenoxy) is 1. The van der Waals surface area contributed by atoms with Crippen molar-refractivity contribution in [1.82, 2.24) is 4.57 Å². The van der Waals surface area contributed by atoms with Gasteiger partial charge in [0.2, 0.25) is 0 Å². The molecule has 0 spiro atoms. The second-order valence-electron chi connectivity index (χ2n) is 11.3. The summed E-state index contributed by atoms with van der Waals surface area (Å²) in [5.74, 6) is 0.989. The van der Waals surface area contributed by atoms with Gasteiger partial charge >= 0.3 is 0 Å². The Morgan fingerprint density at radius 1 is 0.625 bits per heavy atom. The van der Waals surface area contributed by atoms with Crippen molar-refractivity contribution in [3.8, 4) is 28.0 Å². The molecule has 0 radical (unpaired) electrons. The predicted octanol–water partition coefficient (Wildman–Crippen LogP) is 9.92. The summed E-state index contributed by atoms with van der Waals surface area (Å²) >= 11 is 0. The second kappa shape index (κ2) is 8.59. The van der Waals surface area contributed by atoms with Gasteiger partial charge in [-0.2, -0.15) is 0 Å². The Labute approximate surface area is 234 Å². The zero-order chi connectivity index (χ0) is 26.8. The summed E-state index contributed by atoms with van der Waals surface area (Å²) in [6, 6.07) is 41.6. The Balaban J connectivity index is 1.37. The zero-order valence-electron chi connectivity index (χ0n) is 22.7. The first-order chi connectivity index (χ1) is 19.6. The SMILES string of the molecule is Cc1ccc2c(c1)OC1(C)CC(n3c4cc(-c5ccccc5)ccc4c4ccc(-c5ccccc5)cc43)=CC=C21. The molecule has 0 saturated heterocycles. The first-order valence-corrected chi connectivity index (χ1v) is 14.0. The molecule has 2 aliphatic rings. The van der Waals surface area contributed by atoms with Crippen LogP contribution in [0.5, 0.6) is 5.75 Å². The zero-order valence-corrected chi connectivity index (χ0v) is 22.7. The number of nitrogens with zero attached hydrogens (tertiary/aromatic N) is 1. The number of fused-ring (bicyclic) bond motifs is 6. The first-order valence-electron chi connectivity index (χ1n) is 14.0. The molecule has 5 aromatic carbocycles. The molecule has 192 valence electrons. The van der Waals surface area contributed by atoms with Crippen molar-refractivity contribution in [3.63, 3.8) is 0 Å². The van der Waals surface area contributed by atoms with Gasteiger partial charge in [0.05, 0.1) is 11.0 Å². The molecule has 40 heavy (non-hydrogen) atoms. The van der Waals surface area contributed by atoms with Crippen LogP contribution in [0, 0.1) is 6.92 Å². The Kier molecular flexibility index (Phi) is 4.96. The number of aryl methyl sites for hydroxylation is 1. The lowest BCUT2D eigenvalue weighted by Crippen LogP contribution is -2.32. The lowest BCUT2D eigenvalue weighted by Gasteiger charge is -2.31. The maximum Gasteiger partial charge on any atom is 0.137 e. The standard InChI is InChI=1S/C38H29NO/c1-25-13-17-33-34-20-16-30(24-38(34,2)40-37(33)21-25)39-35-22-28(26-9-5-3-6-10-26)14-18-31(35)32-19-15-29(23-36(32)39)27-11-7-4-8-12-27/h3-23H,24H2,1-2H3. The van der Waals surface area contributed by atoms with Crippen molar-refractivity contribution in [3.05, 3.63) is 139 Å². The largest absolute Gasteiger partial charge is 0.482 e. The fourth-order valence-electron chi connectivity index (χ4n) is 6.60. The first kappa shape index (κ1) is 23.1. The number of benzene rings is 5. The normalized spacial score (nSPS) is 17.8. The monoisotopic (exact) mass is 515 g/mol. The molecule has 8 rings (SSSR count). The molecule has 2 heterocycles. The van der Waals surface area contributed by atoms with Gasteiger partial charge in [0, 0.05) is 34.0 Å². The molecule has 1 aliphatic heterocycles. The van der Waals surface area contributed by atoms with Crippen molar-refractivity contribution in [2.45, 2.75) is 25.9 Å². The molecule has 0 amide bonds. The molecule has 1 aliphatic carbocycles. The van der Waals surface area contributed by atoms with Crippen molar-refractivity contribution in [2.24, 2.45) is 0 Å². The van der Waals surface area contributed by atoms with Gasteiger partial charge < -0.3 is 9.30 Å². The highest BCUT2D eigenvalue weighted by atomic mass is 16.5. The molecule has 1 unspecified atom stereocenters. The van der Waals surface area contributed by atoms with E-state index >= 15 is 0 Å². The van der Waals surface area contributed by atoms with Gasteiger partial charge in [-0.25, -0.2) is 0 Å². The summed E-state index contributed by atoms with van der Waals surface area (Å²) in [6.07, 6.45) is 5.37. The van der Waals surface area contributed by atoms with Crippen LogP contribution in [0.1, 0.15) is 24.5 Å². The third kappa shape index (κ3) is 3.49. The molecule has 2 heteroatoms. The minimum Gasteiger partial charge on any atom is -0.482 e. The van der Waals surface area contributed by atoms with E-state index in [1.807, 2.05) is 0 Å². The molecule has 0 saturated carbocycles. The Morgan fingerprint density at radius 2 is 1.23 bits per heavy atom. The lowest BCUT2D eigenvalue weighted by atomic mass is 9.84. The minimum atomic E-state index is -0.406. The molecular formula is C38H29NO. The van der Waals surface area contributed by atoms with Gasteiger partial charge in [-0.1, -0.05) is 103 Å². The maximum atomic E-state index is 6.70. The average Bonchev–Trinajstić information content (AvgIpc) is 3.47. The van der Waals surface area contributed by atoms with Crippen LogP contribution in [0.3, 0.4) is 0 Å². The third-order valence-electron chi connectivity index (χ3n) is 8.56. The molecule has 1 atom stereocenters. The molecule has 2 nitrogen and oxygen atoms in total. The Hall–Kier alpha value is -4.82. The number of allylic oxidation sites excluding steroid dienone is 2. The van der Waals surface area contributed by atoms with Crippen LogP contribution < -0.4 is 4.74 Å². The van der Waals surface area contributed by atoms with Crippen molar-refractivity contribution in [1.29, 1.82) is 0 Å². The minimum absolute atomic E-state index is 0.406. The molecule has 0 N–H and O–H groups in total. The van der Waals surface area contributed by atoms with Crippen molar-refractivity contribution in [2.75, 3.05) is 0 Å². The van der Waals surface area contributed by atoms with E-state index in [4.69, 9.17) is 4.74 Å². The Morgan fingerprint density at radius 3 is 1.82 bits per heavy atom. The van der Waals surface area contributed by atoms with E-state index in [9.17, 15) is 0 Å². The van der Waals surface area contributed by atoms with Gasteiger partial charge in [-0.3, -0.25) is 0 Å². The number of aromatic nitrogens is 1. The molecule has 6 aromatic rings. The summed E-state index contributed by atoms with van der Waals surface area (Å²) in [5.41, 5.74) is 11.9. The highest BCUT2D eigenvalue weighted by molar-refractivity contribution is 6.12. The van der Waals surface area contributed by atoms with Gasteiger partial charge in [0.1, 0.15) is 11.4 Å². The number of hydrogen-bond donors (Lipinski definition) is 0. The van der Waals surface area contributed by atoms with Gasteiger partial charge in [-0.15, -0.1) is 0 Å². The summed E-state index contributed by atoms with van der Waals surface area (Å²) < 4.78 is 9.17. The maximum absolute atomic E-state index is 6.70. The van der Waals surface area contributed by atoms with Crippen LogP contribution in [-0.2, 0) is 0 Å². The van der Waals surface area contributed by atoms with Crippen LogP contribution in [0.25, 0.3) is 55.3 Å². The van der Waals surface area contributed by atoms with Gasteiger partial charge in [0.25, 0.3) is 0 Å². The van der Waals surface area contributed by atoms with Crippen LogP contribution in [0.15, 0.2) is 127 Å². The second-order valence-corrected chi connectivity index (χ2v) is 11.3. The van der Waals surface area contributed by atoms with Crippen LogP contribution in [0.2, 0.25) is 0 Å². The van der Waals surface area contributed by atoms with E-state index in [-0.39, 0.29) is 0 Å². The smallest absolute Gasteiger partial charge is 0.137 e. The topological polar surface area (TPSA) is 14.2 Å². The van der Waals surface area contributed by atoms with E-state index in [1.165, 1.54) is 66.5 Å². The van der Waals surface area contributed by atoms with Crippen LogP contribution >= 0.6 is 0 Å².